The lowest BCUT2D eigenvalue weighted by Crippen LogP contribution is -2.32. The van der Waals surface area contributed by atoms with E-state index in [0.717, 1.165) is 12.8 Å². The summed E-state index contributed by atoms with van der Waals surface area (Å²) >= 11 is 0. The van der Waals surface area contributed by atoms with Gasteiger partial charge >= 0.3 is 0 Å². The summed E-state index contributed by atoms with van der Waals surface area (Å²) in [6.45, 7) is 1.99. The maximum Gasteiger partial charge on any atom is 0.243 e. The van der Waals surface area contributed by atoms with Gasteiger partial charge in [0.1, 0.15) is 5.75 Å². The minimum atomic E-state index is -0.269. The molecule has 0 spiro atoms. The van der Waals surface area contributed by atoms with Gasteiger partial charge in [0.25, 0.3) is 0 Å². The minimum Gasteiger partial charge on any atom is -0.495 e. The second kappa shape index (κ2) is 8.13. The normalized spacial score (nSPS) is 9.79. The molecule has 19 heavy (non-hydrogen) atoms. The third-order valence-electron chi connectivity index (χ3n) is 2.58. The third kappa shape index (κ3) is 5.42. The van der Waals surface area contributed by atoms with E-state index in [1.807, 2.05) is 13.0 Å². The Morgan fingerprint density at radius 1 is 1.21 bits per heavy atom. The molecule has 1 aromatic carbocycles. The summed E-state index contributed by atoms with van der Waals surface area (Å²) in [5, 5.41) is 5.28. The second-order valence-corrected chi connectivity index (χ2v) is 4.13. The fourth-order valence-electron chi connectivity index (χ4n) is 1.55. The van der Waals surface area contributed by atoms with Crippen LogP contribution in [0.4, 0.5) is 5.69 Å². The Labute approximate surface area is 113 Å². The fraction of sp³-hybridized carbons (Fsp3) is 0.429. The van der Waals surface area contributed by atoms with Crippen molar-refractivity contribution >= 4 is 17.5 Å². The molecule has 0 saturated heterocycles. The smallest absolute Gasteiger partial charge is 0.243 e. The van der Waals surface area contributed by atoms with Crippen LogP contribution in [0.1, 0.15) is 26.2 Å². The van der Waals surface area contributed by atoms with Crippen molar-refractivity contribution < 1.29 is 14.3 Å². The number of anilines is 1. The molecular formula is C14H20N2O3. The fourth-order valence-corrected chi connectivity index (χ4v) is 1.55. The number of hydrogen-bond acceptors (Lipinski definition) is 3. The van der Waals surface area contributed by atoms with Gasteiger partial charge < -0.3 is 15.4 Å². The molecule has 0 radical (unpaired) electrons. The molecule has 1 rings (SSSR count). The van der Waals surface area contributed by atoms with Crippen molar-refractivity contribution in [1.29, 1.82) is 0 Å². The molecule has 0 saturated carbocycles. The standard InChI is InChI=1S/C14H20N2O3/c1-3-4-9-13(17)15-10-14(18)16-11-7-5-6-8-12(11)19-2/h5-8H,3-4,9-10H2,1-2H3,(H,15,17)(H,16,18). The number of benzene rings is 1. The number of ether oxygens (including phenoxy) is 1. The van der Waals surface area contributed by atoms with Crippen LogP contribution in [0.15, 0.2) is 24.3 Å². The Bertz CT molecular complexity index is 432. The summed E-state index contributed by atoms with van der Waals surface area (Å²) in [5.41, 5.74) is 0.595. The molecule has 0 aliphatic carbocycles. The Morgan fingerprint density at radius 2 is 1.95 bits per heavy atom. The van der Waals surface area contributed by atoms with Crippen LogP contribution in [-0.2, 0) is 9.59 Å². The molecule has 2 N–H and O–H groups in total. The van der Waals surface area contributed by atoms with Crippen molar-refractivity contribution in [3.8, 4) is 5.75 Å². The number of carbonyl (C=O) groups excluding carboxylic acids is 2. The first-order valence-electron chi connectivity index (χ1n) is 6.37. The zero-order chi connectivity index (χ0) is 14.1. The van der Waals surface area contributed by atoms with Crippen LogP contribution in [0.5, 0.6) is 5.75 Å². The van der Waals surface area contributed by atoms with E-state index in [9.17, 15) is 9.59 Å². The van der Waals surface area contributed by atoms with Crippen LogP contribution in [0.25, 0.3) is 0 Å². The summed E-state index contributed by atoms with van der Waals surface area (Å²) < 4.78 is 5.12. The van der Waals surface area contributed by atoms with E-state index < -0.39 is 0 Å². The van der Waals surface area contributed by atoms with E-state index in [1.165, 1.54) is 7.11 Å². The zero-order valence-electron chi connectivity index (χ0n) is 11.4. The number of amides is 2. The Hall–Kier alpha value is -2.04. The van der Waals surface area contributed by atoms with Gasteiger partial charge in [-0.05, 0) is 18.6 Å². The molecule has 0 fully saturated rings. The highest BCUT2D eigenvalue weighted by Gasteiger charge is 2.08. The molecule has 0 aliphatic heterocycles. The molecule has 0 atom stereocenters. The number of methoxy groups -OCH3 is 1. The van der Waals surface area contributed by atoms with Crippen molar-refractivity contribution in [3.63, 3.8) is 0 Å². The first kappa shape index (κ1) is 15.0. The number of rotatable bonds is 7. The lowest BCUT2D eigenvalue weighted by atomic mass is 10.2. The van der Waals surface area contributed by atoms with Gasteiger partial charge in [-0.2, -0.15) is 0 Å². The Balaban J connectivity index is 2.41. The van der Waals surface area contributed by atoms with Crippen LogP contribution >= 0.6 is 0 Å². The number of nitrogens with one attached hydrogen (secondary N) is 2. The van der Waals surface area contributed by atoms with Crippen LogP contribution in [0.2, 0.25) is 0 Å². The summed E-state index contributed by atoms with van der Waals surface area (Å²) in [4.78, 5) is 23.0. The van der Waals surface area contributed by atoms with Crippen molar-refractivity contribution in [3.05, 3.63) is 24.3 Å². The van der Waals surface area contributed by atoms with E-state index in [2.05, 4.69) is 10.6 Å². The summed E-state index contributed by atoms with van der Waals surface area (Å²) in [5.74, 6) is 0.222. The van der Waals surface area contributed by atoms with Crippen molar-refractivity contribution in [1.82, 2.24) is 5.32 Å². The van der Waals surface area contributed by atoms with E-state index in [4.69, 9.17) is 4.74 Å². The number of carbonyl (C=O) groups is 2. The monoisotopic (exact) mass is 264 g/mol. The average Bonchev–Trinajstić information content (AvgIpc) is 2.43. The molecule has 0 aromatic heterocycles. The first-order valence-corrected chi connectivity index (χ1v) is 6.37. The molecule has 0 aliphatic rings. The van der Waals surface area contributed by atoms with Gasteiger partial charge in [0.05, 0.1) is 19.3 Å². The maximum atomic E-state index is 11.7. The Kier molecular flexibility index (Phi) is 6.43. The SMILES string of the molecule is CCCCC(=O)NCC(=O)Nc1ccccc1OC. The van der Waals surface area contributed by atoms with Gasteiger partial charge in [0.15, 0.2) is 0 Å². The molecule has 0 unspecified atom stereocenters. The predicted molar refractivity (Wildman–Crippen MR) is 74.2 cm³/mol. The van der Waals surface area contributed by atoms with Gasteiger partial charge in [0.2, 0.25) is 11.8 Å². The lowest BCUT2D eigenvalue weighted by molar-refractivity contribution is -0.124. The number of unbranched alkanes of at least 4 members (excludes halogenated alkanes) is 1. The molecule has 2 amide bonds. The van der Waals surface area contributed by atoms with Crippen LogP contribution in [0, 0.1) is 0 Å². The molecule has 0 heterocycles. The van der Waals surface area contributed by atoms with Gasteiger partial charge in [-0.1, -0.05) is 25.5 Å². The Morgan fingerprint density at radius 3 is 2.63 bits per heavy atom. The highest BCUT2D eigenvalue weighted by atomic mass is 16.5. The van der Waals surface area contributed by atoms with Crippen LogP contribution in [-0.4, -0.2) is 25.5 Å². The molecule has 0 bridgehead atoms. The highest BCUT2D eigenvalue weighted by molar-refractivity contribution is 5.95. The van der Waals surface area contributed by atoms with Gasteiger partial charge in [-0.25, -0.2) is 0 Å². The van der Waals surface area contributed by atoms with Crippen molar-refractivity contribution in [2.75, 3.05) is 19.0 Å². The first-order chi connectivity index (χ1) is 9.17. The number of para-hydroxylation sites is 2. The summed E-state index contributed by atoms with van der Waals surface area (Å²) in [6, 6.07) is 7.13. The highest BCUT2D eigenvalue weighted by Crippen LogP contribution is 2.22. The van der Waals surface area contributed by atoms with Gasteiger partial charge in [-0.15, -0.1) is 0 Å². The van der Waals surface area contributed by atoms with Crippen LogP contribution < -0.4 is 15.4 Å². The third-order valence-corrected chi connectivity index (χ3v) is 2.58. The topological polar surface area (TPSA) is 67.4 Å². The van der Waals surface area contributed by atoms with Crippen LogP contribution in [0.3, 0.4) is 0 Å². The van der Waals surface area contributed by atoms with Crippen molar-refractivity contribution in [2.45, 2.75) is 26.2 Å². The molecule has 5 nitrogen and oxygen atoms in total. The quantitative estimate of drug-likeness (QED) is 0.791. The average molecular weight is 264 g/mol. The van der Waals surface area contributed by atoms with Gasteiger partial charge in [0, 0.05) is 6.42 Å². The van der Waals surface area contributed by atoms with E-state index in [1.54, 1.807) is 18.2 Å². The largest absolute Gasteiger partial charge is 0.495 e. The summed E-state index contributed by atoms with van der Waals surface area (Å²) in [7, 11) is 1.54. The number of hydrogen-bond donors (Lipinski definition) is 2. The molecular weight excluding hydrogens is 244 g/mol. The van der Waals surface area contributed by atoms with Gasteiger partial charge in [-0.3, -0.25) is 9.59 Å². The lowest BCUT2D eigenvalue weighted by Gasteiger charge is -2.10. The molecule has 1 aromatic rings. The molecule has 104 valence electrons. The predicted octanol–water partition coefficient (Wildman–Crippen LogP) is 1.94. The summed E-state index contributed by atoms with van der Waals surface area (Å²) in [6.07, 6.45) is 2.25. The molecule has 5 heteroatoms. The van der Waals surface area contributed by atoms with E-state index >= 15 is 0 Å². The minimum absolute atomic E-state index is 0.0272. The van der Waals surface area contributed by atoms with E-state index in [0.29, 0.717) is 17.9 Å². The van der Waals surface area contributed by atoms with E-state index in [-0.39, 0.29) is 18.4 Å². The second-order valence-electron chi connectivity index (χ2n) is 4.13. The maximum absolute atomic E-state index is 11.7. The zero-order valence-corrected chi connectivity index (χ0v) is 11.4. The van der Waals surface area contributed by atoms with Crippen molar-refractivity contribution in [2.24, 2.45) is 0 Å².